The van der Waals surface area contributed by atoms with Gasteiger partial charge < -0.3 is 5.32 Å². The molecule has 0 heterocycles. The van der Waals surface area contributed by atoms with Gasteiger partial charge in [-0.2, -0.15) is 0 Å². The Morgan fingerprint density at radius 3 is 2.38 bits per heavy atom. The molecule has 0 bridgehead atoms. The molecular formula is C16H26N2O2S. The molecule has 1 aromatic rings. The van der Waals surface area contributed by atoms with Crippen molar-refractivity contribution >= 4 is 15.7 Å². The summed E-state index contributed by atoms with van der Waals surface area (Å²) in [5.41, 5.74) is 0.888. The third kappa shape index (κ3) is 4.20. The van der Waals surface area contributed by atoms with Crippen LogP contribution in [0.25, 0.3) is 0 Å². The van der Waals surface area contributed by atoms with Crippen molar-refractivity contribution in [2.75, 3.05) is 12.4 Å². The maximum Gasteiger partial charge on any atom is 0.240 e. The van der Waals surface area contributed by atoms with Crippen molar-refractivity contribution in [1.82, 2.24) is 4.72 Å². The predicted molar refractivity (Wildman–Crippen MR) is 86.9 cm³/mol. The largest absolute Gasteiger partial charge is 0.382 e. The van der Waals surface area contributed by atoms with E-state index >= 15 is 0 Å². The lowest BCUT2D eigenvalue weighted by molar-refractivity contribution is 0.267. The van der Waals surface area contributed by atoms with Crippen molar-refractivity contribution in [3.05, 3.63) is 24.3 Å². The van der Waals surface area contributed by atoms with E-state index in [-0.39, 0.29) is 0 Å². The number of sulfonamides is 1. The molecule has 5 heteroatoms. The van der Waals surface area contributed by atoms with Gasteiger partial charge in [-0.1, -0.05) is 19.9 Å². The first-order valence-corrected chi connectivity index (χ1v) is 9.21. The van der Waals surface area contributed by atoms with Gasteiger partial charge in [0.25, 0.3) is 0 Å². The Hall–Kier alpha value is -1.07. The van der Waals surface area contributed by atoms with Crippen molar-refractivity contribution in [3.63, 3.8) is 0 Å². The third-order valence-electron chi connectivity index (χ3n) is 4.50. The molecule has 1 saturated carbocycles. The molecule has 0 amide bonds. The molecule has 118 valence electrons. The van der Waals surface area contributed by atoms with Crippen LogP contribution in [0.15, 0.2) is 29.2 Å². The van der Waals surface area contributed by atoms with Gasteiger partial charge in [-0.05, 0) is 62.8 Å². The van der Waals surface area contributed by atoms with Crippen LogP contribution in [0.5, 0.6) is 0 Å². The van der Waals surface area contributed by atoms with Gasteiger partial charge in [-0.15, -0.1) is 0 Å². The molecular weight excluding hydrogens is 284 g/mol. The standard InChI is InChI=1S/C16H26N2O2S/c1-12(2)13-7-9-14(10-8-13)18-15-5-4-6-16(11-15)21(19,20)17-3/h4-6,11-14,17-18H,7-10H2,1-3H3. The zero-order valence-electron chi connectivity index (χ0n) is 13.1. The summed E-state index contributed by atoms with van der Waals surface area (Å²) in [6, 6.07) is 7.50. The third-order valence-corrected chi connectivity index (χ3v) is 5.91. The summed E-state index contributed by atoms with van der Waals surface area (Å²) in [5.74, 6) is 1.59. The van der Waals surface area contributed by atoms with Gasteiger partial charge in [0.15, 0.2) is 0 Å². The summed E-state index contributed by atoms with van der Waals surface area (Å²) in [5, 5.41) is 3.48. The maximum absolute atomic E-state index is 11.8. The monoisotopic (exact) mass is 310 g/mol. The molecule has 0 atom stereocenters. The summed E-state index contributed by atoms with van der Waals surface area (Å²) < 4.78 is 26.0. The minimum absolute atomic E-state index is 0.311. The summed E-state index contributed by atoms with van der Waals surface area (Å²) >= 11 is 0. The minimum Gasteiger partial charge on any atom is -0.382 e. The normalized spacial score (nSPS) is 23.2. The van der Waals surface area contributed by atoms with Gasteiger partial charge in [0.05, 0.1) is 4.90 Å². The lowest BCUT2D eigenvalue weighted by atomic mass is 9.79. The Kier molecular flexibility index (Phi) is 5.27. The molecule has 2 N–H and O–H groups in total. The number of benzene rings is 1. The maximum atomic E-state index is 11.8. The highest BCUT2D eigenvalue weighted by Gasteiger charge is 2.23. The Morgan fingerprint density at radius 2 is 1.81 bits per heavy atom. The number of hydrogen-bond donors (Lipinski definition) is 2. The second kappa shape index (κ2) is 6.79. The van der Waals surface area contributed by atoms with Gasteiger partial charge in [-0.3, -0.25) is 0 Å². The lowest BCUT2D eigenvalue weighted by Gasteiger charge is -2.31. The molecule has 0 spiro atoms. The van der Waals surface area contributed by atoms with Gasteiger partial charge in [0.2, 0.25) is 10.0 Å². The van der Waals surface area contributed by atoms with Crippen molar-refractivity contribution in [2.24, 2.45) is 11.8 Å². The number of anilines is 1. The highest BCUT2D eigenvalue weighted by Crippen LogP contribution is 2.31. The average molecular weight is 310 g/mol. The van der Waals surface area contributed by atoms with Gasteiger partial charge in [-0.25, -0.2) is 13.1 Å². The van der Waals surface area contributed by atoms with Gasteiger partial charge >= 0.3 is 0 Å². The second-order valence-corrected chi connectivity index (χ2v) is 8.12. The molecule has 1 aromatic carbocycles. The fourth-order valence-electron chi connectivity index (χ4n) is 3.04. The molecule has 0 unspecified atom stereocenters. The van der Waals surface area contributed by atoms with Crippen LogP contribution in [0.2, 0.25) is 0 Å². The van der Waals surface area contributed by atoms with E-state index in [1.807, 2.05) is 6.07 Å². The number of hydrogen-bond acceptors (Lipinski definition) is 3. The quantitative estimate of drug-likeness (QED) is 0.878. The van der Waals surface area contributed by atoms with Gasteiger partial charge in [0.1, 0.15) is 0 Å². The van der Waals surface area contributed by atoms with Gasteiger partial charge in [0, 0.05) is 11.7 Å². The van der Waals surface area contributed by atoms with Crippen LogP contribution >= 0.6 is 0 Å². The van der Waals surface area contributed by atoms with E-state index in [1.165, 1.54) is 19.9 Å². The minimum atomic E-state index is -3.37. The van der Waals surface area contributed by atoms with E-state index in [1.54, 1.807) is 18.2 Å². The van der Waals surface area contributed by atoms with Crippen LogP contribution in [0.3, 0.4) is 0 Å². The second-order valence-electron chi connectivity index (χ2n) is 6.24. The molecule has 1 aliphatic carbocycles. The van der Waals surface area contributed by atoms with E-state index in [0.29, 0.717) is 10.9 Å². The molecule has 0 radical (unpaired) electrons. The molecule has 21 heavy (non-hydrogen) atoms. The Balaban J connectivity index is 2.00. The number of nitrogens with one attached hydrogen (secondary N) is 2. The fraction of sp³-hybridized carbons (Fsp3) is 0.625. The van der Waals surface area contributed by atoms with E-state index in [9.17, 15) is 8.42 Å². The van der Waals surface area contributed by atoms with Crippen molar-refractivity contribution < 1.29 is 8.42 Å². The molecule has 0 aliphatic heterocycles. The topological polar surface area (TPSA) is 58.2 Å². The first-order chi connectivity index (χ1) is 9.92. The van der Waals surface area contributed by atoms with Crippen molar-refractivity contribution in [3.8, 4) is 0 Å². The summed E-state index contributed by atoms with van der Waals surface area (Å²) in [6.07, 6.45) is 4.82. The van der Waals surface area contributed by atoms with E-state index in [4.69, 9.17) is 0 Å². The van der Waals surface area contributed by atoms with E-state index in [0.717, 1.165) is 30.4 Å². The van der Waals surface area contributed by atoms with Crippen LogP contribution in [0.4, 0.5) is 5.69 Å². The first kappa shape index (κ1) is 16.3. The Morgan fingerprint density at radius 1 is 1.14 bits per heavy atom. The van der Waals surface area contributed by atoms with Crippen LogP contribution < -0.4 is 10.0 Å². The predicted octanol–water partition coefficient (Wildman–Crippen LogP) is 3.22. The van der Waals surface area contributed by atoms with Crippen LogP contribution in [0, 0.1) is 11.8 Å². The summed E-state index contributed by atoms with van der Waals surface area (Å²) in [7, 11) is -1.94. The smallest absolute Gasteiger partial charge is 0.240 e. The van der Waals surface area contributed by atoms with E-state index in [2.05, 4.69) is 23.9 Å². The first-order valence-electron chi connectivity index (χ1n) is 7.72. The molecule has 4 nitrogen and oxygen atoms in total. The fourth-order valence-corrected chi connectivity index (χ4v) is 3.81. The van der Waals surface area contributed by atoms with Crippen molar-refractivity contribution in [2.45, 2.75) is 50.5 Å². The van der Waals surface area contributed by atoms with E-state index < -0.39 is 10.0 Å². The summed E-state index contributed by atoms with van der Waals surface area (Å²) in [4.78, 5) is 0.311. The molecule has 1 fully saturated rings. The van der Waals surface area contributed by atoms with Crippen LogP contribution in [-0.2, 0) is 10.0 Å². The summed E-state index contributed by atoms with van der Waals surface area (Å²) in [6.45, 7) is 4.59. The highest BCUT2D eigenvalue weighted by atomic mass is 32.2. The van der Waals surface area contributed by atoms with Crippen LogP contribution in [-0.4, -0.2) is 21.5 Å². The SMILES string of the molecule is CNS(=O)(=O)c1cccc(NC2CCC(C(C)C)CC2)c1. The highest BCUT2D eigenvalue weighted by molar-refractivity contribution is 7.89. The zero-order chi connectivity index (χ0) is 15.5. The molecule has 2 rings (SSSR count). The molecule has 0 saturated heterocycles. The zero-order valence-corrected chi connectivity index (χ0v) is 13.9. The van der Waals surface area contributed by atoms with Crippen LogP contribution in [0.1, 0.15) is 39.5 Å². The van der Waals surface area contributed by atoms with Crippen molar-refractivity contribution in [1.29, 1.82) is 0 Å². The Labute approximate surface area is 128 Å². The lowest BCUT2D eigenvalue weighted by Crippen LogP contribution is -2.28. The molecule has 1 aliphatic rings. The average Bonchev–Trinajstić information content (AvgIpc) is 2.48. The molecule has 0 aromatic heterocycles. The number of rotatable bonds is 5. The Bertz CT molecular complexity index is 561.